The first kappa shape index (κ1) is 13.4. The highest BCUT2D eigenvalue weighted by atomic mass is 16.5. The molecule has 0 radical (unpaired) electrons. The molecule has 4 nitrogen and oxygen atoms in total. The lowest BCUT2D eigenvalue weighted by atomic mass is 9.96. The molecule has 1 saturated heterocycles. The monoisotopic (exact) mass is 274 g/mol. The van der Waals surface area contributed by atoms with Gasteiger partial charge in [0, 0.05) is 37.1 Å². The van der Waals surface area contributed by atoms with E-state index in [-0.39, 0.29) is 11.9 Å². The van der Waals surface area contributed by atoms with Crippen LogP contribution < -0.4 is 10.6 Å². The molecule has 2 aliphatic heterocycles. The minimum Gasteiger partial charge on any atom is -0.385 e. The third kappa shape index (κ3) is 2.96. The van der Waals surface area contributed by atoms with Crippen LogP contribution in [0.15, 0.2) is 18.2 Å². The highest BCUT2D eigenvalue weighted by Crippen LogP contribution is 2.25. The normalized spacial score (nSPS) is 22.3. The van der Waals surface area contributed by atoms with E-state index in [9.17, 15) is 4.79 Å². The van der Waals surface area contributed by atoms with Gasteiger partial charge in [-0.15, -0.1) is 0 Å². The minimum absolute atomic E-state index is 0.0671. The molecule has 20 heavy (non-hydrogen) atoms. The van der Waals surface area contributed by atoms with Gasteiger partial charge in [-0.05, 0) is 49.8 Å². The van der Waals surface area contributed by atoms with Crippen molar-refractivity contribution in [2.24, 2.45) is 0 Å². The molecule has 2 N–H and O–H groups in total. The van der Waals surface area contributed by atoms with Crippen molar-refractivity contribution in [1.82, 2.24) is 5.32 Å². The largest absolute Gasteiger partial charge is 0.385 e. The average Bonchev–Trinajstić information content (AvgIpc) is 2.75. The van der Waals surface area contributed by atoms with Crippen LogP contribution in [0.25, 0.3) is 0 Å². The van der Waals surface area contributed by atoms with Gasteiger partial charge in [0.25, 0.3) is 5.91 Å². The molecule has 0 saturated carbocycles. The summed E-state index contributed by atoms with van der Waals surface area (Å²) in [7, 11) is 0. The Labute approximate surface area is 119 Å². The fourth-order valence-corrected chi connectivity index (χ4v) is 3.03. The van der Waals surface area contributed by atoms with Gasteiger partial charge in [-0.25, -0.2) is 0 Å². The van der Waals surface area contributed by atoms with Crippen molar-refractivity contribution in [1.29, 1.82) is 0 Å². The summed E-state index contributed by atoms with van der Waals surface area (Å²) in [6.07, 6.45) is 5.03. The van der Waals surface area contributed by atoms with Crippen LogP contribution in [-0.2, 0) is 11.2 Å². The third-order valence-corrected chi connectivity index (χ3v) is 4.13. The van der Waals surface area contributed by atoms with Crippen LogP contribution in [-0.4, -0.2) is 31.7 Å². The second-order valence-corrected chi connectivity index (χ2v) is 5.58. The summed E-state index contributed by atoms with van der Waals surface area (Å²) in [6, 6.07) is 6.21. The molecule has 108 valence electrons. The molecule has 2 heterocycles. The van der Waals surface area contributed by atoms with E-state index >= 15 is 0 Å². The first-order valence-electron chi connectivity index (χ1n) is 7.59. The predicted octanol–water partition coefficient (Wildman–Crippen LogP) is 2.34. The SMILES string of the molecule is O=C(NC1CCCOCC1)c1cccc2c1CCCN2. The van der Waals surface area contributed by atoms with E-state index in [2.05, 4.69) is 16.7 Å². The summed E-state index contributed by atoms with van der Waals surface area (Å²) >= 11 is 0. The van der Waals surface area contributed by atoms with Crippen molar-refractivity contribution < 1.29 is 9.53 Å². The molecule has 2 aliphatic rings. The Morgan fingerprint density at radius 1 is 1.25 bits per heavy atom. The fourth-order valence-electron chi connectivity index (χ4n) is 3.03. The Kier molecular flexibility index (Phi) is 4.21. The number of amides is 1. The summed E-state index contributed by atoms with van der Waals surface area (Å²) in [5.74, 6) is 0.0671. The Morgan fingerprint density at radius 2 is 2.20 bits per heavy atom. The third-order valence-electron chi connectivity index (χ3n) is 4.13. The Morgan fingerprint density at radius 3 is 3.15 bits per heavy atom. The molecule has 0 aliphatic carbocycles. The maximum absolute atomic E-state index is 12.5. The summed E-state index contributed by atoms with van der Waals surface area (Å²) in [6.45, 7) is 2.56. The van der Waals surface area contributed by atoms with Crippen molar-refractivity contribution in [2.75, 3.05) is 25.1 Å². The molecule has 1 aromatic rings. The highest BCUT2D eigenvalue weighted by Gasteiger charge is 2.20. The number of rotatable bonds is 2. The predicted molar refractivity (Wildman–Crippen MR) is 79.2 cm³/mol. The van der Waals surface area contributed by atoms with Gasteiger partial charge >= 0.3 is 0 Å². The number of carbonyl (C=O) groups excluding carboxylic acids is 1. The number of ether oxygens (including phenoxy) is 1. The van der Waals surface area contributed by atoms with Crippen molar-refractivity contribution in [3.63, 3.8) is 0 Å². The lowest BCUT2D eigenvalue weighted by Crippen LogP contribution is -2.35. The summed E-state index contributed by atoms with van der Waals surface area (Å²) < 4.78 is 5.44. The molecule has 1 aromatic carbocycles. The first-order chi connectivity index (χ1) is 9.84. The van der Waals surface area contributed by atoms with Crippen LogP contribution >= 0.6 is 0 Å². The second-order valence-electron chi connectivity index (χ2n) is 5.58. The van der Waals surface area contributed by atoms with E-state index < -0.39 is 0 Å². The zero-order valence-corrected chi connectivity index (χ0v) is 11.8. The van der Waals surface area contributed by atoms with Gasteiger partial charge < -0.3 is 15.4 Å². The van der Waals surface area contributed by atoms with Crippen molar-refractivity contribution in [3.05, 3.63) is 29.3 Å². The Balaban J connectivity index is 1.73. The molecule has 0 aromatic heterocycles. The number of anilines is 1. The van der Waals surface area contributed by atoms with Gasteiger partial charge in [-0.1, -0.05) is 6.07 Å². The summed E-state index contributed by atoms with van der Waals surface area (Å²) in [5, 5.41) is 6.55. The Bertz CT molecular complexity index is 479. The highest BCUT2D eigenvalue weighted by molar-refractivity contribution is 5.97. The molecular weight excluding hydrogens is 252 g/mol. The summed E-state index contributed by atoms with van der Waals surface area (Å²) in [4.78, 5) is 12.5. The topological polar surface area (TPSA) is 50.4 Å². The number of benzene rings is 1. The van der Waals surface area contributed by atoms with Gasteiger partial charge in [0.15, 0.2) is 0 Å². The lowest BCUT2D eigenvalue weighted by molar-refractivity contribution is 0.0928. The smallest absolute Gasteiger partial charge is 0.251 e. The number of hydrogen-bond acceptors (Lipinski definition) is 3. The zero-order chi connectivity index (χ0) is 13.8. The van der Waals surface area contributed by atoms with Crippen LogP contribution in [0.3, 0.4) is 0 Å². The maximum atomic E-state index is 12.5. The van der Waals surface area contributed by atoms with E-state index in [1.807, 2.05) is 12.1 Å². The molecular formula is C16H22N2O2. The number of hydrogen-bond donors (Lipinski definition) is 2. The average molecular weight is 274 g/mol. The van der Waals surface area contributed by atoms with E-state index in [0.717, 1.165) is 63.1 Å². The van der Waals surface area contributed by atoms with E-state index in [1.165, 1.54) is 5.56 Å². The molecule has 1 unspecified atom stereocenters. The molecule has 0 bridgehead atoms. The van der Waals surface area contributed by atoms with Crippen LogP contribution in [0.5, 0.6) is 0 Å². The van der Waals surface area contributed by atoms with Gasteiger partial charge in [-0.2, -0.15) is 0 Å². The maximum Gasteiger partial charge on any atom is 0.251 e. The van der Waals surface area contributed by atoms with Crippen LogP contribution in [0.4, 0.5) is 5.69 Å². The van der Waals surface area contributed by atoms with Crippen LogP contribution in [0.2, 0.25) is 0 Å². The van der Waals surface area contributed by atoms with Gasteiger partial charge in [0.05, 0.1) is 0 Å². The second kappa shape index (κ2) is 6.27. The minimum atomic E-state index is 0.0671. The number of nitrogens with one attached hydrogen (secondary N) is 2. The standard InChI is InChI=1S/C16H22N2O2/c19-16(18-12-4-3-10-20-11-8-12)14-5-1-7-15-13(14)6-2-9-17-15/h1,5,7,12,17H,2-4,6,8-11H2,(H,18,19). The van der Waals surface area contributed by atoms with Gasteiger partial charge in [-0.3, -0.25) is 4.79 Å². The molecule has 1 amide bonds. The van der Waals surface area contributed by atoms with Gasteiger partial charge in [0.1, 0.15) is 0 Å². The summed E-state index contributed by atoms with van der Waals surface area (Å²) in [5.41, 5.74) is 3.12. The van der Waals surface area contributed by atoms with E-state index in [1.54, 1.807) is 0 Å². The van der Waals surface area contributed by atoms with Crippen LogP contribution in [0, 0.1) is 0 Å². The fraction of sp³-hybridized carbons (Fsp3) is 0.562. The van der Waals surface area contributed by atoms with Crippen molar-refractivity contribution in [3.8, 4) is 0 Å². The molecule has 3 rings (SSSR count). The first-order valence-corrected chi connectivity index (χ1v) is 7.59. The van der Waals surface area contributed by atoms with E-state index in [4.69, 9.17) is 4.74 Å². The quantitative estimate of drug-likeness (QED) is 0.870. The van der Waals surface area contributed by atoms with Crippen LogP contribution in [0.1, 0.15) is 41.6 Å². The molecule has 1 fully saturated rings. The number of fused-ring (bicyclic) bond motifs is 1. The number of carbonyl (C=O) groups is 1. The van der Waals surface area contributed by atoms with E-state index in [0.29, 0.717) is 0 Å². The molecule has 4 heteroatoms. The molecule has 0 spiro atoms. The zero-order valence-electron chi connectivity index (χ0n) is 11.8. The molecule has 1 atom stereocenters. The van der Waals surface area contributed by atoms with Crippen molar-refractivity contribution >= 4 is 11.6 Å². The van der Waals surface area contributed by atoms with Gasteiger partial charge in [0.2, 0.25) is 0 Å². The lowest BCUT2D eigenvalue weighted by Gasteiger charge is -2.22. The Hall–Kier alpha value is -1.55. The van der Waals surface area contributed by atoms with Crippen molar-refractivity contribution in [2.45, 2.75) is 38.1 Å².